The second-order valence-corrected chi connectivity index (χ2v) is 5.02. The first-order valence-corrected chi connectivity index (χ1v) is 6.57. The molecular formula is C17H20N2. The Bertz CT molecular complexity index is 580. The van der Waals surface area contributed by atoms with Crippen molar-refractivity contribution < 1.29 is 0 Å². The summed E-state index contributed by atoms with van der Waals surface area (Å²) in [5.74, 6) is 0.603. The van der Waals surface area contributed by atoms with Crippen molar-refractivity contribution in [3.05, 3.63) is 59.7 Å². The second-order valence-electron chi connectivity index (χ2n) is 5.02. The number of aryl methyl sites for hydroxylation is 1. The van der Waals surface area contributed by atoms with Crippen LogP contribution in [0.1, 0.15) is 25.0 Å². The molecule has 2 aromatic carbocycles. The Labute approximate surface area is 115 Å². The van der Waals surface area contributed by atoms with Gasteiger partial charge in [0.2, 0.25) is 0 Å². The van der Waals surface area contributed by atoms with Crippen molar-refractivity contribution in [2.24, 2.45) is 10.7 Å². The van der Waals surface area contributed by atoms with Crippen LogP contribution in [-0.4, -0.2) is 11.9 Å². The Balaban J connectivity index is 2.50. The van der Waals surface area contributed by atoms with Gasteiger partial charge in [-0.1, -0.05) is 54.1 Å². The zero-order chi connectivity index (χ0) is 13.8. The lowest BCUT2D eigenvalue weighted by molar-refractivity contribution is 0.834. The third-order valence-corrected chi connectivity index (χ3v) is 2.96. The molecule has 0 aliphatic heterocycles. The summed E-state index contributed by atoms with van der Waals surface area (Å²) >= 11 is 0. The van der Waals surface area contributed by atoms with Gasteiger partial charge in [-0.25, -0.2) is 0 Å². The van der Waals surface area contributed by atoms with Crippen LogP contribution >= 0.6 is 0 Å². The highest BCUT2D eigenvalue weighted by Gasteiger charge is 2.08. The first-order chi connectivity index (χ1) is 9.08. The molecule has 0 unspecified atom stereocenters. The van der Waals surface area contributed by atoms with E-state index in [1.54, 1.807) is 0 Å². The fourth-order valence-corrected chi connectivity index (χ4v) is 2.04. The normalized spacial score (nSPS) is 11.9. The second kappa shape index (κ2) is 5.70. The maximum absolute atomic E-state index is 6.11. The zero-order valence-corrected chi connectivity index (χ0v) is 11.7. The molecule has 0 heterocycles. The summed E-state index contributed by atoms with van der Waals surface area (Å²) in [5, 5.41) is 0. The van der Waals surface area contributed by atoms with Gasteiger partial charge in [-0.05, 0) is 31.9 Å². The molecule has 0 amide bonds. The Morgan fingerprint density at radius 1 is 1.00 bits per heavy atom. The molecule has 0 aliphatic carbocycles. The molecule has 2 aromatic rings. The predicted molar refractivity (Wildman–Crippen MR) is 82.5 cm³/mol. The van der Waals surface area contributed by atoms with E-state index >= 15 is 0 Å². The van der Waals surface area contributed by atoms with Crippen molar-refractivity contribution in [3.8, 4) is 11.1 Å². The number of hydrogen-bond donors (Lipinski definition) is 1. The molecule has 0 fully saturated rings. The van der Waals surface area contributed by atoms with Crippen LogP contribution in [0.15, 0.2) is 53.5 Å². The highest BCUT2D eigenvalue weighted by molar-refractivity contribution is 6.03. The Hall–Kier alpha value is -2.09. The first-order valence-electron chi connectivity index (χ1n) is 6.57. The van der Waals surface area contributed by atoms with E-state index < -0.39 is 0 Å². The molecule has 0 spiro atoms. The van der Waals surface area contributed by atoms with Crippen molar-refractivity contribution in [1.82, 2.24) is 0 Å². The highest BCUT2D eigenvalue weighted by atomic mass is 14.9. The summed E-state index contributed by atoms with van der Waals surface area (Å²) in [4.78, 5) is 4.45. The Morgan fingerprint density at radius 2 is 1.63 bits per heavy atom. The van der Waals surface area contributed by atoms with E-state index in [2.05, 4.69) is 42.2 Å². The lowest BCUT2D eigenvalue weighted by atomic mass is 9.98. The average Bonchev–Trinajstić information content (AvgIpc) is 2.39. The van der Waals surface area contributed by atoms with Gasteiger partial charge in [0.05, 0.1) is 0 Å². The summed E-state index contributed by atoms with van der Waals surface area (Å²) < 4.78 is 0. The van der Waals surface area contributed by atoms with Crippen molar-refractivity contribution in [3.63, 3.8) is 0 Å². The molecule has 0 radical (unpaired) electrons. The molecule has 98 valence electrons. The molecule has 0 saturated carbocycles. The highest BCUT2D eigenvalue weighted by Crippen LogP contribution is 2.24. The van der Waals surface area contributed by atoms with Gasteiger partial charge in [-0.2, -0.15) is 0 Å². The van der Waals surface area contributed by atoms with Crippen LogP contribution in [0.25, 0.3) is 11.1 Å². The molecule has 0 atom stereocenters. The minimum Gasteiger partial charge on any atom is -0.383 e. The fraction of sp³-hybridized carbons (Fsp3) is 0.235. The minimum absolute atomic E-state index is 0.200. The molecule has 19 heavy (non-hydrogen) atoms. The minimum atomic E-state index is 0.200. The van der Waals surface area contributed by atoms with Crippen molar-refractivity contribution >= 4 is 5.84 Å². The quantitative estimate of drug-likeness (QED) is 0.655. The van der Waals surface area contributed by atoms with E-state index in [1.807, 2.05) is 32.0 Å². The van der Waals surface area contributed by atoms with E-state index in [-0.39, 0.29) is 6.04 Å². The van der Waals surface area contributed by atoms with Gasteiger partial charge in [0.25, 0.3) is 0 Å². The van der Waals surface area contributed by atoms with Gasteiger partial charge < -0.3 is 5.73 Å². The van der Waals surface area contributed by atoms with Crippen LogP contribution in [0.3, 0.4) is 0 Å². The van der Waals surface area contributed by atoms with Crippen molar-refractivity contribution in [2.75, 3.05) is 0 Å². The van der Waals surface area contributed by atoms with Crippen LogP contribution in [0.2, 0.25) is 0 Å². The van der Waals surface area contributed by atoms with Gasteiger partial charge in [-0.3, -0.25) is 4.99 Å². The van der Waals surface area contributed by atoms with Gasteiger partial charge in [-0.15, -0.1) is 0 Å². The van der Waals surface area contributed by atoms with E-state index in [0.29, 0.717) is 5.84 Å². The van der Waals surface area contributed by atoms with Crippen molar-refractivity contribution in [2.45, 2.75) is 26.8 Å². The maximum atomic E-state index is 6.11. The SMILES string of the molecule is Cc1ccc(-c2ccccc2C(N)=NC(C)C)cc1. The number of nitrogens with two attached hydrogens (primary N) is 1. The molecule has 0 aliphatic rings. The molecule has 2 nitrogen and oxygen atoms in total. The molecule has 0 saturated heterocycles. The number of nitrogens with zero attached hydrogens (tertiary/aromatic N) is 1. The summed E-state index contributed by atoms with van der Waals surface area (Å²) in [6, 6.07) is 16.8. The van der Waals surface area contributed by atoms with E-state index in [4.69, 9.17) is 5.73 Å². The van der Waals surface area contributed by atoms with E-state index in [1.165, 1.54) is 11.1 Å². The first kappa shape index (κ1) is 13.3. The van der Waals surface area contributed by atoms with Gasteiger partial charge in [0, 0.05) is 11.6 Å². The van der Waals surface area contributed by atoms with E-state index in [9.17, 15) is 0 Å². The maximum Gasteiger partial charge on any atom is 0.126 e. The van der Waals surface area contributed by atoms with Gasteiger partial charge >= 0.3 is 0 Å². The number of benzene rings is 2. The standard InChI is InChI=1S/C17H20N2/c1-12(2)19-17(18)16-7-5-4-6-15(16)14-10-8-13(3)9-11-14/h4-12H,1-3H3,(H2,18,19). The van der Waals surface area contributed by atoms with Crippen LogP contribution in [0.4, 0.5) is 0 Å². The average molecular weight is 252 g/mol. The van der Waals surface area contributed by atoms with Crippen LogP contribution in [0, 0.1) is 6.92 Å². The number of hydrogen-bond acceptors (Lipinski definition) is 1. The summed E-state index contributed by atoms with van der Waals surface area (Å²) in [6.45, 7) is 6.15. The summed E-state index contributed by atoms with van der Waals surface area (Å²) in [5.41, 5.74) is 10.7. The molecular weight excluding hydrogens is 232 g/mol. The van der Waals surface area contributed by atoms with Crippen LogP contribution in [-0.2, 0) is 0 Å². The largest absolute Gasteiger partial charge is 0.383 e. The Morgan fingerprint density at radius 3 is 2.26 bits per heavy atom. The molecule has 2 heteroatoms. The third kappa shape index (κ3) is 3.22. The smallest absolute Gasteiger partial charge is 0.126 e. The Kier molecular flexibility index (Phi) is 4.00. The summed E-state index contributed by atoms with van der Waals surface area (Å²) in [6.07, 6.45) is 0. The lowest BCUT2D eigenvalue weighted by Crippen LogP contribution is -2.16. The van der Waals surface area contributed by atoms with Crippen LogP contribution in [0.5, 0.6) is 0 Å². The van der Waals surface area contributed by atoms with Crippen molar-refractivity contribution in [1.29, 1.82) is 0 Å². The number of amidine groups is 1. The van der Waals surface area contributed by atoms with Gasteiger partial charge in [0.15, 0.2) is 0 Å². The number of aliphatic imine (C=N–C) groups is 1. The number of rotatable bonds is 3. The van der Waals surface area contributed by atoms with Crippen LogP contribution < -0.4 is 5.73 Å². The van der Waals surface area contributed by atoms with Gasteiger partial charge in [0.1, 0.15) is 5.84 Å². The topological polar surface area (TPSA) is 38.4 Å². The predicted octanol–water partition coefficient (Wildman–Crippen LogP) is 3.78. The molecule has 2 rings (SSSR count). The fourth-order valence-electron chi connectivity index (χ4n) is 2.04. The van der Waals surface area contributed by atoms with E-state index in [0.717, 1.165) is 11.1 Å². The zero-order valence-electron chi connectivity index (χ0n) is 11.7. The molecule has 0 bridgehead atoms. The third-order valence-electron chi connectivity index (χ3n) is 2.96. The summed E-state index contributed by atoms with van der Waals surface area (Å²) in [7, 11) is 0. The molecule has 0 aromatic heterocycles. The molecule has 2 N–H and O–H groups in total. The monoisotopic (exact) mass is 252 g/mol. The lowest BCUT2D eigenvalue weighted by Gasteiger charge is -2.10.